The third-order valence-corrected chi connectivity index (χ3v) is 3.45. The van der Waals surface area contributed by atoms with E-state index in [-0.39, 0.29) is 6.10 Å². The van der Waals surface area contributed by atoms with Crippen LogP contribution >= 0.6 is 0 Å². The number of fused-ring (bicyclic) bond motifs is 1. The van der Waals surface area contributed by atoms with Gasteiger partial charge >= 0.3 is 0 Å². The lowest BCUT2D eigenvalue weighted by Gasteiger charge is -2.26. The summed E-state index contributed by atoms with van der Waals surface area (Å²) < 4.78 is 5.65. The van der Waals surface area contributed by atoms with E-state index < -0.39 is 0 Å². The van der Waals surface area contributed by atoms with Crippen LogP contribution < -0.4 is 10.1 Å². The van der Waals surface area contributed by atoms with E-state index in [1.54, 1.807) is 0 Å². The Morgan fingerprint density at radius 3 is 3.11 bits per heavy atom. The van der Waals surface area contributed by atoms with Crippen LogP contribution in [0.1, 0.15) is 37.7 Å². The number of hydrogen-bond acceptors (Lipinski definition) is 3. The number of ether oxygens (including phenoxy) is 1. The van der Waals surface area contributed by atoms with Crippen molar-refractivity contribution in [3.63, 3.8) is 0 Å². The van der Waals surface area contributed by atoms with Crippen molar-refractivity contribution in [1.82, 2.24) is 5.32 Å². The molecular formula is C15H23NO2. The van der Waals surface area contributed by atoms with Gasteiger partial charge in [-0.2, -0.15) is 0 Å². The predicted molar refractivity (Wildman–Crippen MR) is 73.1 cm³/mol. The second-order valence-electron chi connectivity index (χ2n) is 5.07. The van der Waals surface area contributed by atoms with E-state index in [1.165, 1.54) is 5.56 Å². The van der Waals surface area contributed by atoms with Gasteiger partial charge in [0.25, 0.3) is 0 Å². The molecule has 2 atom stereocenters. The first-order valence-electron chi connectivity index (χ1n) is 6.88. The third-order valence-electron chi connectivity index (χ3n) is 3.45. The highest BCUT2D eigenvalue weighted by Crippen LogP contribution is 2.32. The quantitative estimate of drug-likeness (QED) is 0.760. The molecule has 0 amide bonds. The first kappa shape index (κ1) is 13.4. The molecule has 1 aliphatic heterocycles. The van der Waals surface area contributed by atoms with Crippen molar-refractivity contribution < 1.29 is 9.84 Å². The highest BCUT2D eigenvalue weighted by atomic mass is 16.5. The maximum Gasteiger partial charge on any atom is 0.122 e. The normalized spacial score (nSPS) is 20.0. The summed E-state index contributed by atoms with van der Waals surface area (Å²) >= 11 is 0. The predicted octanol–water partition coefficient (Wildman–Crippen LogP) is 2.30. The molecule has 0 aromatic heterocycles. The highest BCUT2D eigenvalue weighted by molar-refractivity contribution is 5.37. The van der Waals surface area contributed by atoms with Crippen LogP contribution in [-0.2, 0) is 0 Å². The van der Waals surface area contributed by atoms with Crippen LogP contribution in [0.3, 0.4) is 0 Å². The zero-order valence-electron chi connectivity index (χ0n) is 11.1. The van der Waals surface area contributed by atoms with Crippen LogP contribution in [0.15, 0.2) is 24.3 Å². The summed E-state index contributed by atoms with van der Waals surface area (Å²) in [5.74, 6) is 1.60. The first-order chi connectivity index (χ1) is 8.77. The molecule has 2 unspecified atom stereocenters. The minimum absolute atomic E-state index is 0.185. The molecule has 0 fully saturated rings. The number of benzene rings is 1. The minimum Gasteiger partial charge on any atom is -0.493 e. The van der Waals surface area contributed by atoms with Crippen LogP contribution in [0, 0.1) is 0 Å². The van der Waals surface area contributed by atoms with Gasteiger partial charge in [0.2, 0.25) is 0 Å². The van der Waals surface area contributed by atoms with Gasteiger partial charge in [-0.3, -0.25) is 0 Å². The monoisotopic (exact) mass is 249 g/mol. The number of hydrogen-bond donors (Lipinski definition) is 2. The minimum atomic E-state index is -0.185. The smallest absolute Gasteiger partial charge is 0.122 e. The molecule has 0 bridgehead atoms. The van der Waals surface area contributed by atoms with Crippen LogP contribution in [0.5, 0.6) is 5.75 Å². The van der Waals surface area contributed by atoms with Gasteiger partial charge < -0.3 is 15.2 Å². The molecule has 18 heavy (non-hydrogen) atoms. The molecule has 1 heterocycles. The van der Waals surface area contributed by atoms with Crippen molar-refractivity contribution in [3.05, 3.63) is 29.8 Å². The van der Waals surface area contributed by atoms with E-state index in [0.717, 1.165) is 44.7 Å². The van der Waals surface area contributed by atoms with Gasteiger partial charge in [0.15, 0.2) is 0 Å². The summed E-state index contributed by atoms with van der Waals surface area (Å²) in [6, 6.07) is 8.32. The fourth-order valence-corrected chi connectivity index (χ4v) is 2.43. The Kier molecular flexibility index (Phi) is 5.02. The van der Waals surface area contributed by atoms with Crippen molar-refractivity contribution in [2.75, 3.05) is 19.7 Å². The summed E-state index contributed by atoms with van der Waals surface area (Å²) in [5.41, 5.74) is 1.33. The maximum absolute atomic E-state index is 9.19. The molecule has 2 N–H and O–H groups in total. The largest absolute Gasteiger partial charge is 0.493 e. The van der Waals surface area contributed by atoms with Crippen molar-refractivity contribution in [2.45, 2.75) is 38.2 Å². The number of nitrogens with one attached hydrogen (secondary N) is 1. The van der Waals surface area contributed by atoms with Crippen LogP contribution in [0.4, 0.5) is 0 Å². The standard InChI is InChI=1S/C15H23NO2/c1-12(17)5-4-9-16-11-13-8-10-18-15-7-3-2-6-14(13)15/h2-3,6-7,12-13,16-17H,4-5,8-11H2,1H3. The first-order valence-corrected chi connectivity index (χ1v) is 6.88. The Morgan fingerprint density at radius 1 is 1.44 bits per heavy atom. The van der Waals surface area contributed by atoms with Crippen molar-refractivity contribution in [1.29, 1.82) is 0 Å². The van der Waals surface area contributed by atoms with Gasteiger partial charge in [-0.15, -0.1) is 0 Å². The molecule has 0 aliphatic carbocycles. The van der Waals surface area contributed by atoms with Crippen LogP contribution in [-0.4, -0.2) is 30.9 Å². The average molecular weight is 249 g/mol. The lowest BCUT2D eigenvalue weighted by Crippen LogP contribution is -2.27. The molecular weight excluding hydrogens is 226 g/mol. The van der Waals surface area contributed by atoms with Crippen molar-refractivity contribution >= 4 is 0 Å². The molecule has 0 saturated carbocycles. The van der Waals surface area contributed by atoms with E-state index >= 15 is 0 Å². The molecule has 0 saturated heterocycles. The molecule has 1 aromatic carbocycles. The lowest BCUT2D eigenvalue weighted by molar-refractivity contribution is 0.181. The van der Waals surface area contributed by atoms with E-state index in [9.17, 15) is 5.11 Å². The maximum atomic E-state index is 9.19. The number of aliphatic hydroxyl groups is 1. The number of para-hydroxylation sites is 1. The van der Waals surface area contributed by atoms with Crippen molar-refractivity contribution in [2.24, 2.45) is 0 Å². The van der Waals surface area contributed by atoms with Crippen LogP contribution in [0.25, 0.3) is 0 Å². The van der Waals surface area contributed by atoms with Gasteiger partial charge in [0, 0.05) is 12.5 Å². The summed E-state index contributed by atoms with van der Waals surface area (Å²) in [5, 5.41) is 12.7. The van der Waals surface area contributed by atoms with E-state index in [4.69, 9.17) is 4.74 Å². The molecule has 3 nitrogen and oxygen atoms in total. The van der Waals surface area contributed by atoms with Gasteiger partial charge in [-0.05, 0) is 44.4 Å². The van der Waals surface area contributed by atoms with Crippen LogP contribution in [0.2, 0.25) is 0 Å². The highest BCUT2D eigenvalue weighted by Gasteiger charge is 2.20. The SMILES string of the molecule is CC(O)CCCNCC1CCOc2ccccc21. The Hall–Kier alpha value is -1.06. The summed E-state index contributed by atoms with van der Waals surface area (Å²) in [6.45, 7) is 4.64. The average Bonchev–Trinajstić information content (AvgIpc) is 2.38. The van der Waals surface area contributed by atoms with E-state index in [1.807, 2.05) is 13.0 Å². The molecule has 1 aliphatic rings. The second kappa shape index (κ2) is 6.76. The summed E-state index contributed by atoms with van der Waals surface area (Å²) in [7, 11) is 0. The fraction of sp³-hybridized carbons (Fsp3) is 0.600. The van der Waals surface area contributed by atoms with Gasteiger partial charge in [-0.25, -0.2) is 0 Å². The van der Waals surface area contributed by atoms with Crippen molar-refractivity contribution in [3.8, 4) is 5.75 Å². The topological polar surface area (TPSA) is 41.5 Å². The van der Waals surface area contributed by atoms with E-state index in [2.05, 4.69) is 23.5 Å². The summed E-state index contributed by atoms with van der Waals surface area (Å²) in [4.78, 5) is 0. The Bertz CT molecular complexity index is 365. The molecule has 1 aromatic rings. The molecule has 0 spiro atoms. The van der Waals surface area contributed by atoms with Gasteiger partial charge in [-0.1, -0.05) is 18.2 Å². The zero-order chi connectivity index (χ0) is 12.8. The van der Waals surface area contributed by atoms with Gasteiger partial charge in [0.05, 0.1) is 12.7 Å². The van der Waals surface area contributed by atoms with E-state index in [0.29, 0.717) is 5.92 Å². The Morgan fingerprint density at radius 2 is 2.28 bits per heavy atom. The zero-order valence-corrected chi connectivity index (χ0v) is 11.1. The molecule has 0 radical (unpaired) electrons. The van der Waals surface area contributed by atoms with Gasteiger partial charge in [0.1, 0.15) is 5.75 Å². The Balaban J connectivity index is 1.77. The number of rotatable bonds is 6. The Labute approximate surface area is 109 Å². The molecule has 3 heteroatoms. The third kappa shape index (κ3) is 3.72. The molecule has 100 valence electrons. The fourth-order valence-electron chi connectivity index (χ4n) is 2.43. The second-order valence-corrected chi connectivity index (χ2v) is 5.07. The summed E-state index contributed by atoms with van der Waals surface area (Å²) in [6.07, 6.45) is 2.80. The molecule has 2 rings (SSSR count). The lowest BCUT2D eigenvalue weighted by atomic mass is 9.93. The number of aliphatic hydroxyl groups excluding tert-OH is 1.